The number of aryl methyl sites for hydroxylation is 1. The third kappa shape index (κ3) is 3.87. The highest BCUT2D eigenvalue weighted by Gasteiger charge is 2.26. The summed E-state index contributed by atoms with van der Waals surface area (Å²) in [5, 5.41) is 3.76. The van der Waals surface area contributed by atoms with E-state index in [1.807, 2.05) is 6.92 Å². The van der Waals surface area contributed by atoms with Crippen LogP contribution in [0, 0.1) is 12.8 Å². The Bertz CT molecular complexity index is 1090. The first-order chi connectivity index (χ1) is 14.5. The quantitative estimate of drug-likeness (QED) is 0.630. The number of carbonyl (C=O) groups excluding carboxylic acids is 2. The Kier molecular flexibility index (Phi) is 5.67. The molecule has 1 atom stereocenters. The number of benzene rings is 1. The molecule has 1 amide bonds. The van der Waals surface area contributed by atoms with Crippen molar-refractivity contribution in [3.05, 3.63) is 46.6 Å². The highest BCUT2D eigenvalue weighted by Crippen LogP contribution is 2.36. The van der Waals surface area contributed by atoms with Crippen LogP contribution in [0.25, 0.3) is 10.2 Å². The third-order valence-electron chi connectivity index (χ3n) is 5.39. The summed E-state index contributed by atoms with van der Waals surface area (Å²) in [5.41, 5.74) is 1.65. The summed E-state index contributed by atoms with van der Waals surface area (Å²) in [5.74, 6) is 0.812. The lowest BCUT2D eigenvalue weighted by atomic mass is 10.00. The second-order valence-corrected chi connectivity index (χ2v) is 8.83. The van der Waals surface area contributed by atoms with Crippen molar-refractivity contribution in [2.45, 2.75) is 26.7 Å². The molecule has 2 aromatic heterocycles. The smallest absolute Gasteiger partial charge is 0.337 e. The van der Waals surface area contributed by atoms with Crippen molar-refractivity contribution in [1.82, 2.24) is 9.97 Å². The van der Waals surface area contributed by atoms with Crippen LogP contribution in [0.15, 0.2) is 30.6 Å². The molecule has 3 heterocycles. The number of piperidine rings is 1. The lowest BCUT2D eigenvalue weighted by Gasteiger charge is -2.32. The number of esters is 1. The zero-order chi connectivity index (χ0) is 21.3. The largest absolute Gasteiger partial charge is 0.465 e. The van der Waals surface area contributed by atoms with Crippen LogP contribution in [-0.2, 0) is 4.74 Å². The van der Waals surface area contributed by atoms with Crippen LogP contribution in [0.4, 0.5) is 11.5 Å². The average Bonchev–Trinajstić information content (AvgIpc) is 3.09. The van der Waals surface area contributed by atoms with E-state index in [0.29, 0.717) is 22.7 Å². The molecule has 0 radical (unpaired) electrons. The summed E-state index contributed by atoms with van der Waals surface area (Å²) in [6.07, 6.45) is 3.91. The Morgan fingerprint density at radius 2 is 2.00 bits per heavy atom. The van der Waals surface area contributed by atoms with Gasteiger partial charge in [0.15, 0.2) is 0 Å². The summed E-state index contributed by atoms with van der Waals surface area (Å²) >= 11 is 1.51. The molecule has 1 N–H and O–H groups in total. The zero-order valence-corrected chi connectivity index (χ0v) is 18.1. The van der Waals surface area contributed by atoms with Crippen LogP contribution in [0.5, 0.6) is 0 Å². The number of anilines is 2. The van der Waals surface area contributed by atoms with Gasteiger partial charge in [-0.05, 0) is 49.9 Å². The van der Waals surface area contributed by atoms with Gasteiger partial charge in [-0.15, -0.1) is 11.3 Å². The summed E-state index contributed by atoms with van der Waals surface area (Å²) in [4.78, 5) is 37.8. The predicted molar refractivity (Wildman–Crippen MR) is 118 cm³/mol. The van der Waals surface area contributed by atoms with E-state index >= 15 is 0 Å². The number of amides is 1. The van der Waals surface area contributed by atoms with Gasteiger partial charge in [-0.25, -0.2) is 14.8 Å². The number of hydrogen-bond donors (Lipinski definition) is 1. The van der Waals surface area contributed by atoms with Crippen LogP contribution in [0.3, 0.4) is 0 Å². The Morgan fingerprint density at radius 3 is 2.70 bits per heavy atom. The number of fused-ring (bicyclic) bond motifs is 1. The fourth-order valence-electron chi connectivity index (χ4n) is 3.92. The van der Waals surface area contributed by atoms with Gasteiger partial charge in [0.1, 0.15) is 17.0 Å². The van der Waals surface area contributed by atoms with Crippen LogP contribution >= 0.6 is 11.3 Å². The molecule has 0 bridgehead atoms. The van der Waals surface area contributed by atoms with Crippen molar-refractivity contribution >= 4 is 44.9 Å². The number of carbonyl (C=O) groups is 2. The maximum atomic E-state index is 13.2. The number of nitrogens with one attached hydrogen (secondary N) is 1. The Hall–Kier alpha value is -3.00. The number of rotatable bonds is 4. The number of methoxy groups -OCH3 is 1. The van der Waals surface area contributed by atoms with Crippen LogP contribution < -0.4 is 10.2 Å². The number of ether oxygens (including phenoxy) is 1. The summed E-state index contributed by atoms with van der Waals surface area (Å²) in [7, 11) is 1.34. The maximum Gasteiger partial charge on any atom is 0.337 e. The second-order valence-electron chi connectivity index (χ2n) is 7.63. The van der Waals surface area contributed by atoms with Gasteiger partial charge < -0.3 is 15.0 Å². The molecule has 1 aromatic carbocycles. The van der Waals surface area contributed by atoms with Crippen LogP contribution in [0.1, 0.15) is 45.4 Å². The predicted octanol–water partition coefficient (Wildman–Crippen LogP) is 4.27. The van der Waals surface area contributed by atoms with Crippen molar-refractivity contribution in [3.8, 4) is 0 Å². The summed E-state index contributed by atoms with van der Waals surface area (Å²) in [6.45, 7) is 6.04. The molecule has 0 spiro atoms. The van der Waals surface area contributed by atoms with Gasteiger partial charge >= 0.3 is 5.97 Å². The van der Waals surface area contributed by atoms with Gasteiger partial charge in [0, 0.05) is 23.7 Å². The number of hydrogen-bond acceptors (Lipinski definition) is 7. The molecule has 1 unspecified atom stereocenters. The molecule has 1 saturated heterocycles. The zero-order valence-electron chi connectivity index (χ0n) is 17.3. The fraction of sp³-hybridized carbons (Fsp3) is 0.364. The Balaban J connectivity index is 1.67. The molecule has 1 fully saturated rings. The van der Waals surface area contributed by atoms with Crippen molar-refractivity contribution in [2.75, 3.05) is 30.4 Å². The number of nitrogens with zero attached hydrogens (tertiary/aromatic N) is 3. The van der Waals surface area contributed by atoms with Crippen molar-refractivity contribution in [1.29, 1.82) is 0 Å². The van der Waals surface area contributed by atoms with Gasteiger partial charge in [-0.2, -0.15) is 0 Å². The Labute approximate surface area is 179 Å². The lowest BCUT2D eigenvalue weighted by Crippen LogP contribution is -2.35. The molecule has 30 heavy (non-hydrogen) atoms. The molecule has 7 nitrogen and oxygen atoms in total. The molecule has 3 aromatic rings. The fourth-order valence-corrected chi connectivity index (χ4v) is 4.91. The topological polar surface area (TPSA) is 84.4 Å². The van der Waals surface area contributed by atoms with E-state index in [0.717, 1.165) is 40.4 Å². The van der Waals surface area contributed by atoms with Crippen molar-refractivity contribution in [2.24, 2.45) is 5.92 Å². The first-order valence-electron chi connectivity index (χ1n) is 9.96. The van der Waals surface area contributed by atoms with E-state index in [1.165, 1.54) is 24.9 Å². The maximum absolute atomic E-state index is 13.2. The number of thiophene rings is 1. The molecule has 4 rings (SSSR count). The van der Waals surface area contributed by atoms with E-state index in [4.69, 9.17) is 4.74 Å². The normalized spacial score (nSPS) is 16.5. The highest BCUT2D eigenvalue weighted by atomic mass is 32.1. The molecule has 8 heteroatoms. The van der Waals surface area contributed by atoms with E-state index in [1.54, 1.807) is 30.6 Å². The van der Waals surface area contributed by atoms with Crippen molar-refractivity contribution in [3.63, 3.8) is 0 Å². The van der Waals surface area contributed by atoms with Gasteiger partial charge in [0.05, 0.1) is 23.6 Å². The van der Waals surface area contributed by atoms with E-state index in [2.05, 4.69) is 27.1 Å². The Morgan fingerprint density at radius 1 is 1.23 bits per heavy atom. The van der Waals surface area contributed by atoms with Crippen LogP contribution in [-0.4, -0.2) is 42.0 Å². The minimum absolute atomic E-state index is 0.203. The van der Waals surface area contributed by atoms with Gasteiger partial charge in [-0.3, -0.25) is 4.79 Å². The van der Waals surface area contributed by atoms with Gasteiger partial charge in [0.2, 0.25) is 0 Å². The monoisotopic (exact) mass is 424 g/mol. The van der Waals surface area contributed by atoms with E-state index in [-0.39, 0.29) is 5.91 Å². The lowest BCUT2D eigenvalue weighted by molar-refractivity contribution is 0.0600. The van der Waals surface area contributed by atoms with Crippen LogP contribution in [0.2, 0.25) is 0 Å². The minimum Gasteiger partial charge on any atom is -0.465 e. The molecule has 156 valence electrons. The second kappa shape index (κ2) is 8.39. The minimum atomic E-state index is -0.412. The standard InChI is InChI=1S/C22H24N4O3S/c1-13-5-4-10-26(11-13)19-18-17(14(2)30-21(18)24-12-23-19)20(27)25-16-8-6-15(7-9-16)22(28)29-3/h6-9,12-13H,4-5,10-11H2,1-3H3,(H,25,27). The summed E-state index contributed by atoms with van der Waals surface area (Å²) in [6, 6.07) is 6.64. The molecular weight excluding hydrogens is 400 g/mol. The molecule has 1 aliphatic rings. The summed E-state index contributed by atoms with van der Waals surface area (Å²) < 4.78 is 4.71. The average molecular weight is 425 g/mol. The SMILES string of the molecule is COC(=O)c1ccc(NC(=O)c2c(C)sc3ncnc(N4CCCC(C)C4)c23)cc1. The third-order valence-corrected chi connectivity index (χ3v) is 6.40. The number of aromatic nitrogens is 2. The first-order valence-corrected chi connectivity index (χ1v) is 10.8. The molecular formula is C22H24N4O3S. The van der Waals surface area contributed by atoms with E-state index < -0.39 is 5.97 Å². The molecule has 1 aliphatic heterocycles. The van der Waals surface area contributed by atoms with E-state index in [9.17, 15) is 9.59 Å². The molecule has 0 aliphatic carbocycles. The highest BCUT2D eigenvalue weighted by molar-refractivity contribution is 7.19. The van der Waals surface area contributed by atoms with Gasteiger partial charge in [-0.1, -0.05) is 6.92 Å². The van der Waals surface area contributed by atoms with Gasteiger partial charge in [0.25, 0.3) is 5.91 Å². The first kappa shape index (κ1) is 20.3. The molecule has 0 saturated carbocycles. The van der Waals surface area contributed by atoms with Crippen molar-refractivity contribution < 1.29 is 14.3 Å².